The summed E-state index contributed by atoms with van der Waals surface area (Å²) in [6, 6.07) is 0. The van der Waals surface area contributed by atoms with Gasteiger partial charge in [0.2, 0.25) is 0 Å². The molecule has 0 radical (unpaired) electrons. The van der Waals surface area contributed by atoms with E-state index >= 15 is 0 Å². The van der Waals surface area contributed by atoms with Crippen LogP contribution in [-0.4, -0.2) is 32.9 Å². The second kappa shape index (κ2) is 4.52. The Balaban J connectivity index is 2.82. The van der Waals surface area contributed by atoms with Gasteiger partial charge in [-0.15, -0.1) is 0 Å². The van der Waals surface area contributed by atoms with Gasteiger partial charge in [-0.25, -0.2) is 0 Å². The minimum atomic E-state index is -0.939. The third-order valence-corrected chi connectivity index (χ3v) is 1.98. The van der Waals surface area contributed by atoms with E-state index in [0.717, 1.165) is 11.3 Å². The van der Waals surface area contributed by atoms with Crippen molar-refractivity contribution >= 4 is 0 Å². The lowest BCUT2D eigenvalue weighted by Crippen LogP contribution is -2.25. The molecule has 1 aromatic heterocycles. The number of hydrogen-bond acceptors (Lipinski definition) is 5. The molecule has 0 fully saturated rings. The molecule has 7 N–H and O–H groups in total. The van der Waals surface area contributed by atoms with Gasteiger partial charge in [0.15, 0.2) is 0 Å². The number of hydrogen-bond donors (Lipinski definition) is 5. The Kier molecular flexibility index (Phi) is 3.59. The number of aryl methyl sites for hydroxylation is 1. The van der Waals surface area contributed by atoms with Crippen LogP contribution in [0.5, 0.6) is 0 Å². The molecule has 0 spiro atoms. The fraction of sp³-hybridized carbons (Fsp3) is 0.625. The summed E-state index contributed by atoms with van der Waals surface area (Å²) < 4.78 is 0. The summed E-state index contributed by atoms with van der Waals surface area (Å²) in [4.78, 5) is 0. The summed E-state index contributed by atoms with van der Waals surface area (Å²) >= 11 is 0. The molecule has 2 atom stereocenters. The molecule has 14 heavy (non-hydrogen) atoms. The van der Waals surface area contributed by atoms with Crippen molar-refractivity contribution in [3.63, 3.8) is 0 Å². The minimum absolute atomic E-state index is 0.256. The van der Waals surface area contributed by atoms with Crippen LogP contribution in [0.4, 0.5) is 0 Å². The molecule has 0 unspecified atom stereocenters. The average Bonchev–Trinajstić information content (AvgIpc) is 2.34. The maximum absolute atomic E-state index is 9.05. The maximum Gasteiger partial charge on any atom is 0.108 e. The summed E-state index contributed by atoms with van der Waals surface area (Å²) in [5.41, 5.74) is 12.8. The van der Waals surface area contributed by atoms with Crippen molar-refractivity contribution in [1.82, 2.24) is 10.2 Å². The third kappa shape index (κ3) is 2.78. The zero-order valence-electron chi connectivity index (χ0n) is 8.07. The van der Waals surface area contributed by atoms with E-state index in [0.29, 0.717) is 12.1 Å². The highest BCUT2D eigenvalue weighted by molar-refractivity contribution is 5.25. The van der Waals surface area contributed by atoms with Gasteiger partial charge >= 0.3 is 0 Å². The Morgan fingerprint density at radius 3 is 2.36 bits per heavy atom. The number of aliphatic hydroxyl groups is 2. The largest absolute Gasteiger partial charge is 0.378 e. The molecular weight excluding hydrogens is 184 g/mol. The molecule has 0 bridgehead atoms. The highest BCUT2D eigenvalue weighted by atomic mass is 16.3. The molecule has 0 aliphatic carbocycles. The van der Waals surface area contributed by atoms with E-state index in [4.69, 9.17) is 21.7 Å². The summed E-state index contributed by atoms with van der Waals surface area (Å²) in [7, 11) is 0. The normalized spacial score (nSPS) is 15.5. The van der Waals surface area contributed by atoms with Gasteiger partial charge in [0.05, 0.1) is 5.69 Å². The number of aliphatic hydroxyl groups excluding tert-OH is 2. The number of H-pyrrole nitrogens is 1. The number of rotatable bonds is 4. The summed E-state index contributed by atoms with van der Waals surface area (Å²) in [5, 5.41) is 24.8. The van der Waals surface area contributed by atoms with Gasteiger partial charge in [-0.3, -0.25) is 5.10 Å². The molecule has 0 aromatic carbocycles. The molecule has 6 nitrogen and oxygen atoms in total. The highest BCUT2D eigenvalue weighted by Crippen LogP contribution is 2.13. The lowest BCUT2D eigenvalue weighted by molar-refractivity contribution is 0.175. The van der Waals surface area contributed by atoms with Crippen molar-refractivity contribution in [2.75, 3.05) is 0 Å². The second-order valence-corrected chi connectivity index (χ2v) is 3.32. The van der Waals surface area contributed by atoms with Crippen LogP contribution in [0.3, 0.4) is 0 Å². The molecule has 80 valence electrons. The molecule has 6 heteroatoms. The molecule has 0 aliphatic rings. The lowest BCUT2D eigenvalue weighted by Gasteiger charge is -2.07. The van der Waals surface area contributed by atoms with Crippen LogP contribution in [0.15, 0.2) is 0 Å². The van der Waals surface area contributed by atoms with E-state index in [1.807, 2.05) is 6.92 Å². The van der Waals surface area contributed by atoms with E-state index in [9.17, 15) is 0 Å². The predicted octanol–water partition coefficient (Wildman–Crippen LogP) is -1.64. The average molecular weight is 200 g/mol. The van der Waals surface area contributed by atoms with Gasteiger partial charge in [-0.2, -0.15) is 5.10 Å². The van der Waals surface area contributed by atoms with E-state index in [1.165, 1.54) is 0 Å². The van der Waals surface area contributed by atoms with Crippen LogP contribution in [0.1, 0.15) is 17.0 Å². The first-order chi connectivity index (χ1) is 6.50. The van der Waals surface area contributed by atoms with E-state index in [1.54, 1.807) is 0 Å². The Bertz CT molecular complexity index is 296. The van der Waals surface area contributed by atoms with E-state index in [2.05, 4.69) is 10.2 Å². The predicted molar refractivity (Wildman–Crippen MR) is 51.1 cm³/mol. The van der Waals surface area contributed by atoms with Gasteiger partial charge in [0.1, 0.15) is 12.5 Å². The smallest absolute Gasteiger partial charge is 0.108 e. The van der Waals surface area contributed by atoms with Crippen LogP contribution in [0.25, 0.3) is 0 Å². The Hall–Kier alpha value is -0.950. The standard InChI is InChI=1S/C8H16N4O2/c1-4-5(2-7(9)13)6(12-11-4)3-8(10)14/h7-8,13-14H,2-3,9-10H2,1H3,(H,11,12)/t7-,8-/m0/s1. The van der Waals surface area contributed by atoms with Crippen LogP contribution in [-0.2, 0) is 12.8 Å². The zero-order valence-corrected chi connectivity index (χ0v) is 8.07. The lowest BCUT2D eigenvalue weighted by atomic mass is 10.1. The molecule has 0 saturated carbocycles. The third-order valence-electron chi connectivity index (χ3n) is 1.98. The first-order valence-corrected chi connectivity index (χ1v) is 4.40. The fourth-order valence-corrected chi connectivity index (χ4v) is 1.35. The summed E-state index contributed by atoms with van der Waals surface area (Å²) in [6.07, 6.45) is -1.29. The molecule has 0 saturated heterocycles. The van der Waals surface area contributed by atoms with Gasteiger partial charge in [-0.1, -0.05) is 0 Å². The van der Waals surface area contributed by atoms with Crippen molar-refractivity contribution in [2.45, 2.75) is 32.2 Å². The van der Waals surface area contributed by atoms with Crippen LogP contribution < -0.4 is 11.5 Å². The molecule has 1 aromatic rings. The zero-order chi connectivity index (χ0) is 10.7. The second-order valence-electron chi connectivity index (χ2n) is 3.32. The van der Waals surface area contributed by atoms with Crippen LogP contribution >= 0.6 is 0 Å². The van der Waals surface area contributed by atoms with Crippen molar-refractivity contribution < 1.29 is 10.2 Å². The van der Waals surface area contributed by atoms with Gasteiger partial charge < -0.3 is 21.7 Å². The SMILES string of the molecule is Cc1[nH]nc(C[C@@H](N)O)c1C[C@@H](N)O. The summed E-state index contributed by atoms with van der Waals surface area (Å²) in [5.74, 6) is 0. The molecule has 0 aliphatic heterocycles. The van der Waals surface area contributed by atoms with E-state index in [-0.39, 0.29) is 6.42 Å². The molecular formula is C8H16N4O2. The topological polar surface area (TPSA) is 121 Å². The number of nitrogens with two attached hydrogens (primary N) is 2. The first kappa shape index (κ1) is 11.1. The Morgan fingerprint density at radius 1 is 1.29 bits per heavy atom. The van der Waals surface area contributed by atoms with Crippen LogP contribution in [0, 0.1) is 6.92 Å². The monoisotopic (exact) mass is 200 g/mol. The van der Waals surface area contributed by atoms with Crippen LogP contribution in [0.2, 0.25) is 0 Å². The quantitative estimate of drug-likeness (QED) is 0.373. The molecule has 1 rings (SSSR count). The fourth-order valence-electron chi connectivity index (χ4n) is 1.35. The van der Waals surface area contributed by atoms with E-state index < -0.39 is 12.5 Å². The number of nitrogens with zero attached hydrogens (tertiary/aromatic N) is 1. The van der Waals surface area contributed by atoms with Crippen molar-refractivity contribution in [2.24, 2.45) is 11.5 Å². The first-order valence-electron chi connectivity index (χ1n) is 4.40. The molecule has 1 heterocycles. The number of aromatic amines is 1. The number of nitrogens with one attached hydrogen (secondary N) is 1. The van der Waals surface area contributed by atoms with Gasteiger partial charge in [-0.05, 0) is 6.92 Å². The highest BCUT2D eigenvalue weighted by Gasteiger charge is 2.14. The Labute approximate surface area is 81.9 Å². The van der Waals surface area contributed by atoms with Crippen molar-refractivity contribution in [3.8, 4) is 0 Å². The number of aromatic nitrogens is 2. The van der Waals surface area contributed by atoms with Crippen molar-refractivity contribution in [3.05, 3.63) is 17.0 Å². The summed E-state index contributed by atoms with van der Waals surface area (Å²) in [6.45, 7) is 1.83. The Morgan fingerprint density at radius 2 is 1.86 bits per heavy atom. The minimum Gasteiger partial charge on any atom is -0.378 e. The van der Waals surface area contributed by atoms with Crippen molar-refractivity contribution in [1.29, 1.82) is 0 Å². The van der Waals surface area contributed by atoms with Gasteiger partial charge in [0.25, 0.3) is 0 Å². The van der Waals surface area contributed by atoms with Gasteiger partial charge in [0, 0.05) is 24.1 Å². The maximum atomic E-state index is 9.05. The molecule has 0 amide bonds.